The lowest BCUT2D eigenvalue weighted by Gasteiger charge is -1.94. The van der Waals surface area contributed by atoms with Crippen molar-refractivity contribution in [2.24, 2.45) is 0 Å². The van der Waals surface area contributed by atoms with Crippen LogP contribution >= 0.6 is 0 Å². The fourth-order valence-electron chi connectivity index (χ4n) is 1.32. The van der Waals surface area contributed by atoms with E-state index in [1.807, 2.05) is 12.1 Å². The van der Waals surface area contributed by atoms with Gasteiger partial charge in [0, 0.05) is 0 Å². The van der Waals surface area contributed by atoms with Gasteiger partial charge in [0.1, 0.15) is 5.75 Å². The van der Waals surface area contributed by atoms with Crippen molar-refractivity contribution in [1.29, 1.82) is 0 Å². The van der Waals surface area contributed by atoms with Crippen LogP contribution in [0.3, 0.4) is 0 Å². The van der Waals surface area contributed by atoms with Crippen molar-refractivity contribution in [2.45, 2.75) is 32.6 Å². The number of allylic oxidation sites excluding steroid dienone is 1. The number of aromatic hydroxyl groups is 1. The highest BCUT2D eigenvalue weighted by atomic mass is 16.3. The van der Waals surface area contributed by atoms with Crippen LogP contribution in [0.2, 0.25) is 0 Å². The van der Waals surface area contributed by atoms with Gasteiger partial charge in [-0.05, 0) is 30.5 Å². The summed E-state index contributed by atoms with van der Waals surface area (Å²) in [6.07, 6.45) is 9.30. The van der Waals surface area contributed by atoms with Crippen molar-refractivity contribution >= 4 is 6.08 Å². The summed E-state index contributed by atoms with van der Waals surface area (Å²) >= 11 is 0. The molecule has 0 aliphatic rings. The number of hydrogen-bond donors (Lipinski definition) is 1. The summed E-state index contributed by atoms with van der Waals surface area (Å²) in [5.41, 5.74) is 1.15. The van der Waals surface area contributed by atoms with Crippen molar-refractivity contribution in [2.75, 3.05) is 0 Å². The summed E-state index contributed by atoms with van der Waals surface area (Å²) in [7, 11) is 0. The Bertz CT molecular complexity index is 272. The van der Waals surface area contributed by atoms with E-state index in [0.29, 0.717) is 5.75 Å². The minimum absolute atomic E-state index is 0.327. The smallest absolute Gasteiger partial charge is 0.115 e. The van der Waals surface area contributed by atoms with Gasteiger partial charge in [0.05, 0.1) is 0 Å². The number of hydrogen-bond acceptors (Lipinski definition) is 1. The topological polar surface area (TPSA) is 20.2 Å². The SMILES string of the molecule is CCCCCC=Cc1ccc(O)cc1. The van der Waals surface area contributed by atoms with Gasteiger partial charge in [-0.25, -0.2) is 0 Å². The molecule has 0 saturated carbocycles. The first-order valence-electron chi connectivity index (χ1n) is 5.28. The average Bonchev–Trinajstić information content (AvgIpc) is 2.21. The lowest BCUT2D eigenvalue weighted by Crippen LogP contribution is -1.72. The zero-order valence-corrected chi connectivity index (χ0v) is 8.74. The molecule has 0 spiro atoms. The Morgan fingerprint density at radius 1 is 1.14 bits per heavy atom. The fraction of sp³-hybridized carbons (Fsp3) is 0.385. The highest BCUT2D eigenvalue weighted by Gasteiger charge is 1.87. The molecule has 0 radical (unpaired) electrons. The second kappa shape index (κ2) is 6.25. The molecule has 0 bridgehead atoms. The Morgan fingerprint density at radius 3 is 2.50 bits per heavy atom. The van der Waals surface area contributed by atoms with Crippen LogP contribution < -0.4 is 0 Å². The molecule has 0 unspecified atom stereocenters. The van der Waals surface area contributed by atoms with Crippen molar-refractivity contribution in [3.63, 3.8) is 0 Å². The van der Waals surface area contributed by atoms with Crippen LogP contribution in [0.5, 0.6) is 5.75 Å². The first-order valence-corrected chi connectivity index (χ1v) is 5.28. The quantitative estimate of drug-likeness (QED) is 0.696. The van der Waals surface area contributed by atoms with Gasteiger partial charge in [-0.15, -0.1) is 0 Å². The summed E-state index contributed by atoms with van der Waals surface area (Å²) in [6.45, 7) is 2.21. The zero-order valence-electron chi connectivity index (χ0n) is 8.74. The van der Waals surface area contributed by atoms with Crippen LogP contribution in [0.15, 0.2) is 30.3 Å². The van der Waals surface area contributed by atoms with E-state index in [1.165, 1.54) is 19.3 Å². The third-order valence-corrected chi connectivity index (χ3v) is 2.18. The second-order valence-corrected chi connectivity index (χ2v) is 3.49. The molecule has 14 heavy (non-hydrogen) atoms. The molecule has 76 valence electrons. The maximum absolute atomic E-state index is 9.07. The maximum atomic E-state index is 9.07. The Hall–Kier alpha value is -1.24. The van der Waals surface area contributed by atoms with Crippen LogP contribution in [-0.2, 0) is 0 Å². The molecule has 0 saturated heterocycles. The number of benzene rings is 1. The van der Waals surface area contributed by atoms with Gasteiger partial charge < -0.3 is 5.11 Å². The van der Waals surface area contributed by atoms with Gasteiger partial charge in [-0.1, -0.05) is 44.1 Å². The summed E-state index contributed by atoms with van der Waals surface area (Å²) in [4.78, 5) is 0. The molecule has 1 heteroatoms. The van der Waals surface area contributed by atoms with Crippen LogP contribution in [0.4, 0.5) is 0 Å². The van der Waals surface area contributed by atoms with Gasteiger partial charge in [-0.2, -0.15) is 0 Å². The predicted octanol–water partition coefficient (Wildman–Crippen LogP) is 3.99. The highest BCUT2D eigenvalue weighted by molar-refractivity contribution is 5.50. The molecule has 1 nitrogen and oxygen atoms in total. The summed E-state index contributed by atoms with van der Waals surface area (Å²) < 4.78 is 0. The van der Waals surface area contributed by atoms with Crippen molar-refractivity contribution in [3.8, 4) is 5.75 Å². The first kappa shape index (κ1) is 10.8. The van der Waals surface area contributed by atoms with Gasteiger partial charge in [0.2, 0.25) is 0 Å². The van der Waals surface area contributed by atoms with E-state index in [0.717, 1.165) is 12.0 Å². The monoisotopic (exact) mass is 190 g/mol. The molecule has 1 rings (SSSR count). The molecule has 0 aliphatic carbocycles. The largest absolute Gasteiger partial charge is 0.508 e. The number of rotatable bonds is 5. The average molecular weight is 190 g/mol. The fourth-order valence-corrected chi connectivity index (χ4v) is 1.32. The van der Waals surface area contributed by atoms with Crippen LogP contribution in [0, 0.1) is 0 Å². The van der Waals surface area contributed by atoms with Gasteiger partial charge in [0.25, 0.3) is 0 Å². The van der Waals surface area contributed by atoms with E-state index in [4.69, 9.17) is 5.11 Å². The molecular formula is C13H18O. The maximum Gasteiger partial charge on any atom is 0.115 e. The minimum Gasteiger partial charge on any atom is -0.508 e. The van der Waals surface area contributed by atoms with E-state index in [9.17, 15) is 0 Å². The molecule has 0 aromatic heterocycles. The number of phenolic OH excluding ortho intramolecular Hbond substituents is 1. The molecule has 1 N–H and O–H groups in total. The molecule has 1 aromatic rings. The normalized spacial score (nSPS) is 10.9. The standard InChI is InChI=1S/C13H18O/c1-2-3-4-5-6-7-12-8-10-13(14)11-9-12/h6-11,14H,2-5H2,1H3. The van der Waals surface area contributed by atoms with Crippen molar-refractivity contribution in [1.82, 2.24) is 0 Å². The molecule has 0 atom stereocenters. The third-order valence-electron chi connectivity index (χ3n) is 2.18. The summed E-state index contributed by atoms with van der Waals surface area (Å²) in [5.74, 6) is 0.327. The van der Waals surface area contributed by atoms with Gasteiger partial charge in [0.15, 0.2) is 0 Å². The minimum atomic E-state index is 0.327. The Kier molecular flexibility index (Phi) is 4.84. The van der Waals surface area contributed by atoms with Crippen molar-refractivity contribution < 1.29 is 5.11 Å². The number of phenols is 1. The Morgan fingerprint density at radius 2 is 1.86 bits per heavy atom. The zero-order chi connectivity index (χ0) is 10.2. The van der Waals surface area contributed by atoms with E-state index in [1.54, 1.807) is 12.1 Å². The van der Waals surface area contributed by atoms with Gasteiger partial charge in [-0.3, -0.25) is 0 Å². The second-order valence-electron chi connectivity index (χ2n) is 3.49. The molecule has 0 fully saturated rings. The van der Waals surface area contributed by atoms with E-state index in [-0.39, 0.29) is 0 Å². The lowest BCUT2D eigenvalue weighted by atomic mass is 10.1. The number of unbranched alkanes of at least 4 members (excludes halogenated alkanes) is 3. The molecule has 0 amide bonds. The van der Waals surface area contributed by atoms with Crippen LogP contribution in [-0.4, -0.2) is 5.11 Å². The summed E-state index contributed by atoms with van der Waals surface area (Å²) in [6, 6.07) is 7.27. The molecule has 0 heterocycles. The van der Waals surface area contributed by atoms with E-state index < -0.39 is 0 Å². The molecule has 0 aliphatic heterocycles. The Labute approximate surface area is 86.1 Å². The van der Waals surface area contributed by atoms with Crippen LogP contribution in [0.25, 0.3) is 6.08 Å². The first-order chi connectivity index (χ1) is 6.83. The van der Waals surface area contributed by atoms with Gasteiger partial charge >= 0.3 is 0 Å². The molecule has 1 aromatic carbocycles. The predicted molar refractivity (Wildman–Crippen MR) is 61.3 cm³/mol. The van der Waals surface area contributed by atoms with E-state index in [2.05, 4.69) is 19.1 Å². The molecular weight excluding hydrogens is 172 g/mol. The highest BCUT2D eigenvalue weighted by Crippen LogP contribution is 2.11. The summed E-state index contributed by atoms with van der Waals surface area (Å²) in [5, 5.41) is 9.07. The third kappa shape index (κ3) is 4.13. The lowest BCUT2D eigenvalue weighted by molar-refractivity contribution is 0.475. The van der Waals surface area contributed by atoms with Crippen LogP contribution in [0.1, 0.15) is 38.2 Å². The van der Waals surface area contributed by atoms with Crippen molar-refractivity contribution in [3.05, 3.63) is 35.9 Å². The Balaban J connectivity index is 2.33. The van der Waals surface area contributed by atoms with E-state index >= 15 is 0 Å².